The van der Waals surface area contributed by atoms with Gasteiger partial charge in [-0.3, -0.25) is 4.79 Å². The van der Waals surface area contributed by atoms with Crippen molar-refractivity contribution in [2.75, 3.05) is 5.32 Å². The Labute approximate surface area is 118 Å². The Morgan fingerprint density at radius 3 is 2.43 bits per heavy atom. The predicted molar refractivity (Wildman–Crippen MR) is 66.5 cm³/mol. The number of hydrogen-bond acceptors (Lipinski definition) is 4. The molecule has 0 radical (unpaired) electrons. The van der Waals surface area contributed by atoms with Crippen LogP contribution in [-0.2, 0) is 14.6 Å². The first-order chi connectivity index (χ1) is 9.45. The van der Waals surface area contributed by atoms with Crippen LogP contribution in [0.25, 0.3) is 0 Å². The van der Waals surface area contributed by atoms with Crippen LogP contribution in [0.4, 0.5) is 23.2 Å². The first kappa shape index (κ1) is 17.2. The second-order valence-corrected chi connectivity index (χ2v) is 6.22. The van der Waals surface area contributed by atoms with Crippen LogP contribution in [0.1, 0.15) is 13.3 Å². The van der Waals surface area contributed by atoms with Crippen LogP contribution in [0.2, 0.25) is 0 Å². The van der Waals surface area contributed by atoms with Gasteiger partial charge in [-0.1, -0.05) is 0 Å². The third-order valence-electron chi connectivity index (χ3n) is 2.45. The highest BCUT2D eigenvalue weighted by Crippen LogP contribution is 2.35. The van der Waals surface area contributed by atoms with E-state index in [-0.39, 0.29) is 12.5 Å². The summed E-state index contributed by atoms with van der Waals surface area (Å²) < 4.78 is 73.6. The smallest absolute Gasteiger partial charge is 0.381 e. The van der Waals surface area contributed by atoms with Gasteiger partial charge in [0.15, 0.2) is 0 Å². The van der Waals surface area contributed by atoms with E-state index in [0.717, 1.165) is 12.1 Å². The topological polar surface area (TPSA) is 89.3 Å². The van der Waals surface area contributed by atoms with Crippen LogP contribution in [0.15, 0.2) is 23.1 Å². The summed E-state index contributed by atoms with van der Waals surface area (Å²) in [4.78, 5) is 9.47. The zero-order valence-corrected chi connectivity index (χ0v) is 11.6. The summed E-state index contributed by atoms with van der Waals surface area (Å²) in [5.74, 6) is -1.86. The Morgan fingerprint density at radius 2 is 1.95 bits per heavy atom. The Morgan fingerprint density at radius 1 is 1.38 bits per heavy atom. The molecule has 0 bridgehead atoms. The highest BCUT2D eigenvalue weighted by atomic mass is 32.2. The van der Waals surface area contributed by atoms with E-state index in [1.54, 1.807) is 0 Å². The highest BCUT2D eigenvalue weighted by Gasteiger charge is 2.48. The van der Waals surface area contributed by atoms with Gasteiger partial charge in [-0.2, -0.15) is 13.2 Å². The van der Waals surface area contributed by atoms with Crippen molar-refractivity contribution in [2.24, 2.45) is 5.73 Å². The van der Waals surface area contributed by atoms with Crippen molar-refractivity contribution >= 4 is 21.4 Å². The Bertz CT molecular complexity index is 643. The zero-order chi connectivity index (χ0) is 16.4. The third-order valence-corrected chi connectivity index (χ3v) is 3.97. The van der Waals surface area contributed by atoms with Gasteiger partial charge in [0.25, 0.3) is 9.84 Å². The molecule has 0 saturated carbocycles. The lowest BCUT2D eigenvalue weighted by atomic mass is 10.2. The quantitative estimate of drug-likeness (QED) is 0.807. The standard InChI is InChI=1S/C11H12F4N2O3S/c1-6(4-10(16)18)17-8-3-2-7(12)5-9(8)21(19,20)11(13,14)15/h2-3,5-6,17H,4H2,1H3,(H2,16,18)/t6-/m1/s1. The number of amides is 1. The monoisotopic (exact) mass is 328 g/mol. The van der Waals surface area contributed by atoms with Crippen molar-refractivity contribution in [3.63, 3.8) is 0 Å². The number of hydrogen-bond donors (Lipinski definition) is 2. The molecule has 10 heteroatoms. The van der Waals surface area contributed by atoms with E-state index in [2.05, 4.69) is 5.32 Å². The molecule has 118 valence electrons. The first-order valence-corrected chi connectivity index (χ1v) is 7.09. The molecule has 1 aromatic rings. The Hall–Kier alpha value is -1.84. The highest BCUT2D eigenvalue weighted by molar-refractivity contribution is 7.92. The lowest BCUT2D eigenvalue weighted by Crippen LogP contribution is -2.27. The van der Waals surface area contributed by atoms with Crippen LogP contribution in [0, 0.1) is 5.82 Å². The second kappa shape index (κ2) is 5.88. The van der Waals surface area contributed by atoms with Crippen molar-refractivity contribution in [3.8, 4) is 0 Å². The van der Waals surface area contributed by atoms with Gasteiger partial charge in [-0.25, -0.2) is 12.8 Å². The molecule has 3 N–H and O–H groups in total. The number of sulfone groups is 1. The molecule has 0 aliphatic heterocycles. The number of primary amides is 1. The summed E-state index contributed by atoms with van der Waals surface area (Å²) in [6.45, 7) is 1.41. The molecule has 1 aromatic carbocycles. The van der Waals surface area contributed by atoms with E-state index < -0.39 is 43.7 Å². The molecular formula is C11H12F4N2O3S. The molecule has 1 atom stereocenters. The van der Waals surface area contributed by atoms with Gasteiger partial charge in [-0.15, -0.1) is 0 Å². The molecule has 0 saturated heterocycles. The minimum absolute atomic E-state index is 0.233. The normalized spacial score (nSPS) is 13.8. The zero-order valence-electron chi connectivity index (χ0n) is 10.7. The number of benzene rings is 1. The number of nitrogens with one attached hydrogen (secondary N) is 1. The van der Waals surface area contributed by atoms with Crippen molar-refractivity contribution < 1.29 is 30.8 Å². The molecule has 0 spiro atoms. The molecule has 0 aromatic heterocycles. The summed E-state index contributed by atoms with van der Waals surface area (Å²) in [5, 5.41) is 2.40. The molecule has 0 aliphatic carbocycles. The van der Waals surface area contributed by atoms with Gasteiger partial charge in [0, 0.05) is 12.5 Å². The maximum absolute atomic E-state index is 13.1. The number of halogens is 4. The molecule has 0 aliphatic rings. The Kier molecular flexibility index (Phi) is 4.82. The number of anilines is 1. The minimum Gasteiger partial charge on any atom is -0.381 e. The fraction of sp³-hybridized carbons (Fsp3) is 0.364. The maximum Gasteiger partial charge on any atom is 0.501 e. The molecule has 1 rings (SSSR count). The summed E-state index contributed by atoms with van der Waals surface area (Å²) in [7, 11) is -5.72. The van der Waals surface area contributed by atoms with Gasteiger partial charge < -0.3 is 11.1 Å². The van der Waals surface area contributed by atoms with Crippen LogP contribution < -0.4 is 11.1 Å². The number of rotatable bonds is 5. The summed E-state index contributed by atoms with van der Waals surface area (Å²) >= 11 is 0. The average molecular weight is 328 g/mol. The molecule has 1 amide bonds. The van der Waals surface area contributed by atoms with E-state index in [1.807, 2.05) is 0 Å². The van der Waals surface area contributed by atoms with Crippen molar-refractivity contribution in [1.29, 1.82) is 0 Å². The molecule has 0 unspecified atom stereocenters. The minimum atomic E-state index is -5.72. The fourth-order valence-electron chi connectivity index (χ4n) is 1.58. The van der Waals surface area contributed by atoms with E-state index >= 15 is 0 Å². The van der Waals surface area contributed by atoms with Gasteiger partial charge in [-0.05, 0) is 25.1 Å². The summed E-state index contributed by atoms with van der Waals surface area (Å²) in [5.41, 5.74) is -1.09. The van der Waals surface area contributed by atoms with Gasteiger partial charge >= 0.3 is 5.51 Å². The molecule has 21 heavy (non-hydrogen) atoms. The van der Waals surface area contributed by atoms with Gasteiger partial charge in [0.05, 0.1) is 5.69 Å². The van der Waals surface area contributed by atoms with Gasteiger partial charge in [0.2, 0.25) is 5.91 Å². The van der Waals surface area contributed by atoms with E-state index in [4.69, 9.17) is 5.73 Å². The SMILES string of the molecule is C[C@H](CC(N)=O)Nc1ccc(F)cc1S(=O)(=O)C(F)(F)F. The van der Waals surface area contributed by atoms with E-state index in [1.165, 1.54) is 6.92 Å². The fourth-order valence-corrected chi connectivity index (χ4v) is 2.51. The van der Waals surface area contributed by atoms with Crippen molar-refractivity contribution in [2.45, 2.75) is 29.8 Å². The van der Waals surface area contributed by atoms with Crippen molar-refractivity contribution in [1.82, 2.24) is 0 Å². The second-order valence-electron chi connectivity index (χ2n) is 4.31. The van der Waals surface area contributed by atoms with Crippen LogP contribution in [-0.4, -0.2) is 25.9 Å². The molecule has 0 heterocycles. The first-order valence-electron chi connectivity index (χ1n) is 5.61. The Balaban J connectivity index is 3.27. The molecular weight excluding hydrogens is 316 g/mol. The lowest BCUT2D eigenvalue weighted by Gasteiger charge is -2.18. The van der Waals surface area contributed by atoms with Crippen LogP contribution in [0.5, 0.6) is 0 Å². The van der Waals surface area contributed by atoms with E-state index in [9.17, 15) is 30.8 Å². The maximum atomic E-state index is 13.1. The number of alkyl halides is 3. The number of carbonyl (C=O) groups excluding carboxylic acids is 1. The van der Waals surface area contributed by atoms with Crippen LogP contribution >= 0.6 is 0 Å². The molecule has 0 fully saturated rings. The molecule has 5 nitrogen and oxygen atoms in total. The summed E-state index contributed by atoms with van der Waals surface area (Å²) in [6.07, 6.45) is -0.233. The average Bonchev–Trinajstić information content (AvgIpc) is 2.28. The van der Waals surface area contributed by atoms with Gasteiger partial charge in [0.1, 0.15) is 10.7 Å². The lowest BCUT2D eigenvalue weighted by molar-refractivity contribution is -0.118. The van der Waals surface area contributed by atoms with Crippen LogP contribution in [0.3, 0.4) is 0 Å². The largest absolute Gasteiger partial charge is 0.501 e. The number of nitrogens with two attached hydrogens (primary N) is 1. The summed E-state index contributed by atoms with van der Waals surface area (Å²) in [6, 6.07) is 1.19. The number of carbonyl (C=O) groups is 1. The van der Waals surface area contributed by atoms with E-state index in [0.29, 0.717) is 0 Å². The van der Waals surface area contributed by atoms with Crippen molar-refractivity contribution in [3.05, 3.63) is 24.0 Å². The third kappa shape index (κ3) is 4.06. The predicted octanol–water partition coefficient (Wildman–Crippen LogP) is 1.79.